The van der Waals surface area contributed by atoms with E-state index in [2.05, 4.69) is 44.0 Å². The Morgan fingerprint density at radius 2 is 1.81 bits per heavy atom. The van der Waals surface area contributed by atoms with Gasteiger partial charge in [-0.25, -0.2) is 11.0 Å². The lowest BCUT2D eigenvalue weighted by Gasteiger charge is -2.31. The molecule has 37 heavy (non-hydrogen) atoms. The molecule has 0 saturated carbocycles. The number of likely N-dealkylation sites (tertiary alicyclic amines) is 1. The maximum atomic E-state index is 13.0. The molecule has 0 aliphatic carbocycles. The maximum Gasteiger partial charge on any atom is 0.248 e. The number of ketones is 1. The van der Waals surface area contributed by atoms with E-state index >= 15 is 0 Å². The summed E-state index contributed by atoms with van der Waals surface area (Å²) in [5.74, 6) is 5.69. The summed E-state index contributed by atoms with van der Waals surface area (Å²) in [5, 5.41) is 13.4. The van der Waals surface area contributed by atoms with E-state index in [0.717, 1.165) is 36.3 Å². The molecule has 2 aromatic carbocycles. The minimum Gasteiger partial charge on any atom is -0.503 e. The quantitative estimate of drug-likeness (QED) is 0.397. The Hall–Kier alpha value is -3.78. The van der Waals surface area contributed by atoms with Crippen molar-refractivity contribution in [1.82, 2.24) is 10.2 Å². The number of nitrogens with zero attached hydrogens (tertiary/aromatic N) is 3. The Morgan fingerprint density at radius 3 is 2.43 bits per heavy atom. The van der Waals surface area contributed by atoms with Gasteiger partial charge in [0, 0.05) is 55.2 Å². The zero-order valence-electron chi connectivity index (χ0n) is 21.0. The first-order chi connectivity index (χ1) is 17.9. The molecule has 2 aromatic rings. The van der Waals surface area contributed by atoms with E-state index in [1.165, 1.54) is 11.8 Å². The molecule has 1 fully saturated rings. The van der Waals surface area contributed by atoms with E-state index in [1.54, 1.807) is 6.92 Å². The molecule has 2 N–H and O–H groups in total. The van der Waals surface area contributed by atoms with Crippen molar-refractivity contribution in [2.24, 2.45) is 4.99 Å². The molecule has 0 spiro atoms. The van der Waals surface area contributed by atoms with E-state index in [4.69, 9.17) is 6.57 Å². The molecule has 0 amide bonds. The second-order valence-electron chi connectivity index (χ2n) is 9.64. The van der Waals surface area contributed by atoms with Crippen LogP contribution in [0.25, 0.3) is 4.85 Å². The lowest BCUT2D eigenvalue weighted by molar-refractivity contribution is -0.117. The largest absolute Gasteiger partial charge is 0.503 e. The number of alkyl halides is 1. The highest BCUT2D eigenvalue weighted by molar-refractivity contribution is 6.03. The zero-order valence-corrected chi connectivity index (χ0v) is 21.0. The first kappa shape index (κ1) is 26.3. The van der Waals surface area contributed by atoms with Crippen LogP contribution in [-0.4, -0.2) is 60.4 Å². The first-order valence-corrected chi connectivity index (χ1v) is 12.5. The van der Waals surface area contributed by atoms with E-state index < -0.39 is 6.67 Å². The molecule has 0 radical (unpaired) electrons. The monoisotopic (exact) mass is 498 g/mol. The summed E-state index contributed by atoms with van der Waals surface area (Å²) in [7, 11) is 0. The molecule has 2 atom stereocenters. The molecular formula is C30H31FN4O2. The van der Waals surface area contributed by atoms with Crippen molar-refractivity contribution in [1.29, 1.82) is 0 Å². The van der Waals surface area contributed by atoms with Gasteiger partial charge in [-0.3, -0.25) is 14.7 Å². The predicted octanol–water partition coefficient (Wildman–Crippen LogP) is 4.42. The highest BCUT2D eigenvalue weighted by atomic mass is 19.1. The topological polar surface area (TPSA) is 69.3 Å². The highest BCUT2D eigenvalue weighted by Gasteiger charge is 2.30. The molecule has 0 aromatic heterocycles. The van der Waals surface area contributed by atoms with Crippen LogP contribution in [0.1, 0.15) is 47.9 Å². The number of allylic oxidation sites excluding steroid dienone is 2. The Bertz CT molecular complexity index is 1260. The molecule has 190 valence electrons. The minimum absolute atomic E-state index is 0.0970. The van der Waals surface area contributed by atoms with E-state index in [9.17, 15) is 14.3 Å². The average Bonchev–Trinajstić information content (AvgIpc) is 2.90. The van der Waals surface area contributed by atoms with Gasteiger partial charge < -0.3 is 15.3 Å². The van der Waals surface area contributed by atoms with Crippen LogP contribution >= 0.6 is 0 Å². The molecule has 2 aliphatic heterocycles. The Labute approximate surface area is 217 Å². The molecule has 1 unspecified atom stereocenters. The number of benzene rings is 2. The first-order valence-electron chi connectivity index (χ1n) is 12.5. The van der Waals surface area contributed by atoms with Gasteiger partial charge in [0.2, 0.25) is 11.8 Å². The maximum absolute atomic E-state index is 13.0. The van der Waals surface area contributed by atoms with Gasteiger partial charge in [0.1, 0.15) is 6.67 Å². The summed E-state index contributed by atoms with van der Waals surface area (Å²) in [6.07, 6.45) is 2.00. The van der Waals surface area contributed by atoms with E-state index in [-0.39, 0.29) is 36.0 Å². The normalized spacial score (nSPS) is 17.5. The number of halogens is 1. The number of hydrogen-bond acceptors (Lipinski definition) is 5. The summed E-state index contributed by atoms with van der Waals surface area (Å²) < 4.78 is 13.0. The number of Topliss-reactive ketones (excluding diaryl/α,β-unsaturated/α-hetero) is 1. The number of carbonyl (C=O) groups is 1. The molecule has 2 aliphatic rings. The summed E-state index contributed by atoms with van der Waals surface area (Å²) in [5.41, 5.74) is 4.37. The minimum atomic E-state index is -0.478. The van der Waals surface area contributed by atoms with Gasteiger partial charge >= 0.3 is 0 Å². The molecule has 2 heterocycles. The summed E-state index contributed by atoms with van der Waals surface area (Å²) in [4.78, 5) is 21.9. The third-order valence-electron chi connectivity index (χ3n) is 6.66. The standard InChI is InChI=1S/C30H31FN4O2/c1-21(16-31)34-17-26(15-28-30(37)29(36)13-14-33-28)25-11-9-23(10-12-25)4-3-22-5-7-24(8-6-22)18-35-19-27(20-35)32-2/h5-12,14,21,26-27,34,37H,13,15-20H2,1H3/t21-,26?/m1/s1. The Kier molecular flexibility index (Phi) is 8.85. The van der Waals surface area contributed by atoms with Gasteiger partial charge in [0.15, 0.2) is 5.76 Å². The molecule has 0 bridgehead atoms. The van der Waals surface area contributed by atoms with Gasteiger partial charge in [0.25, 0.3) is 0 Å². The number of aliphatic hydroxyl groups is 1. The lowest BCUT2D eigenvalue weighted by atomic mass is 9.92. The third kappa shape index (κ3) is 7.13. The zero-order chi connectivity index (χ0) is 26.2. The third-order valence-corrected chi connectivity index (χ3v) is 6.66. The van der Waals surface area contributed by atoms with Crippen LogP contribution in [0.15, 0.2) is 65.0 Å². The predicted molar refractivity (Wildman–Crippen MR) is 143 cm³/mol. The van der Waals surface area contributed by atoms with E-state index in [1.807, 2.05) is 36.4 Å². The van der Waals surface area contributed by atoms with Gasteiger partial charge in [-0.05, 0) is 42.3 Å². The smallest absolute Gasteiger partial charge is 0.248 e. The number of aliphatic hydroxyl groups excluding tert-OH is 1. The lowest BCUT2D eigenvalue weighted by Crippen LogP contribution is -2.48. The summed E-state index contributed by atoms with van der Waals surface area (Å²) >= 11 is 0. The van der Waals surface area contributed by atoms with Crippen LogP contribution < -0.4 is 5.32 Å². The number of nitrogens with one attached hydrogen (secondary N) is 1. The number of carbonyl (C=O) groups excluding carboxylic acids is 1. The van der Waals surface area contributed by atoms with Crippen molar-refractivity contribution < 1.29 is 14.3 Å². The van der Waals surface area contributed by atoms with Crippen LogP contribution in [0.5, 0.6) is 0 Å². The van der Waals surface area contributed by atoms with Crippen molar-refractivity contribution >= 4 is 12.0 Å². The van der Waals surface area contributed by atoms with Gasteiger partial charge in [-0.15, -0.1) is 0 Å². The van der Waals surface area contributed by atoms with Crippen LogP contribution in [0.3, 0.4) is 0 Å². The fourth-order valence-electron chi connectivity index (χ4n) is 4.33. The van der Waals surface area contributed by atoms with Crippen molar-refractivity contribution in [3.8, 4) is 11.8 Å². The van der Waals surface area contributed by atoms with Crippen LogP contribution in [0.4, 0.5) is 4.39 Å². The molecular weight excluding hydrogens is 467 g/mol. The molecule has 7 heteroatoms. The Morgan fingerprint density at radius 1 is 1.16 bits per heavy atom. The van der Waals surface area contributed by atoms with Crippen LogP contribution in [-0.2, 0) is 11.3 Å². The second-order valence-corrected chi connectivity index (χ2v) is 9.64. The second kappa shape index (κ2) is 12.5. The molecule has 4 rings (SSSR count). The molecule has 6 nitrogen and oxygen atoms in total. The van der Waals surface area contributed by atoms with E-state index in [0.29, 0.717) is 18.7 Å². The van der Waals surface area contributed by atoms with Gasteiger partial charge in [0.05, 0.1) is 18.8 Å². The average molecular weight is 499 g/mol. The van der Waals surface area contributed by atoms with Crippen molar-refractivity contribution in [2.45, 2.75) is 44.3 Å². The number of hydrogen-bond donors (Lipinski definition) is 2. The van der Waals surface area contributed by atoms with Crippen molar-refractivity contribution in [3.05, 3.63) is 93.7 Å². The van der Waals surface area contributed by atoms with Crippen molar-refractivity contribution in [3.63, 3.8) is 0 Å². The summed E-state index contributed by atoms with van der Waals surface area (Å²) in [6.45, 7) is 11.4. The summed E-state index contributed by atoms with van der Waals surface area (Å²) in [6, 6.07) is 15.9. The SMILES string of the molecule is [C-]#[N+]C1CN(Cc2ccc(C#Cc3ccc(C(CN[C@H](C)CF)CC4=C(O)C(=O)CC=N4)cc3)cc2)C1. The van der Waals surface area contributed by atoms with Gasteiger partial charge in [-0.1, -0.05) is 36.1 Å². The van der Waals surface area contributed by atoms with Gasteiger partial charge in [-0.2, -0.15) is 0 Å². The number of aliphatic imine (C=N–C) groups is 1. The fraction of sp³-hybridized carbons (Fsp3) is 0.367. The van der Waals surface area contributed by atoms with Crippen LogP contribution in [0.2, 0.25) is 0 Å². The Balaban J connectivity index is 1.41. The highest BCUT2D eigenvalue weighted by Crippen LogP contribution is 2.27. The van der Waals surface area contributed by atoms with Crippen molar-refractivity contribution in [2.75, 3.05) is 26.3 Å². The van der Waals surface area contributed by atoms with Crippen LogP contribution in [0, 0.1) is 18.4 Å². The molecule has 1 saturated heterocycles. The fourth-order valence-corrected chi connectivity index (χ4v) is 4.33. The number of rotatable bonds is 9.